The summed E-state index contributed by atoms with van der Waals surface area (Å²) in [5.74, 6) is 0.346. The summed E-state index contributed by atoms with van der Waals surface area (Å²) in [5, 5.41) is 0. The predicted molar refractivity (Wildman–Crippen MR) is 48.4 cm³/mol. The Morgan fingerprint density at radius 3 is 2.64 bits per heavy atom. The first-order valence-corrected chi connectivity index (χ1v) is 4.83. The monoisotopic (exact) mass is 294 g/mol. The zero-order chi connectivity index (χ0) is 9.42. The first-order chi connectivity index (χ1) is 6.22. The molecular weight excluding hydrogens is 280 g/mol. The van der Waals surface area contributed by atoms with Crippen LogP contribution in [0.3, 0.4) is 0 Å². The maximum atomic E-state index is 5.53. The van der Waals surface area contributed by atoms with Crippen LogP contribution in [-0.2, 0) is 51.4 Å². The van der Waals surface area contributed by atoms with E-state index < -0.39 is 0 Å². The van der Waals surface area contributed by atoms with Crippen LogP contribution in [0.4, 0.5) is 0 Å². The molecule has 4 nitrogen and oxygen atoms in total. The van der Waals surface area contributed by atoms with Crippen LogP contribution in [0, 0.1) is 12.2 Å². The Bertz CT molecular complexity index is 194. The molecule has 5 atom stereocenters. The first-order valence-electron chi connectivity index (χ1n) is 4.36. The van der Waals surface area contributed by atoms with E-state index in [2.05, 4.69) is 16.4 Å². The van der Waals surface area contributed by atoms with Crippen molar-refractivity contribution in [1.82, 2.24) is 0 Å². The first kappa shape index (κ1) is 13.4. The second kappa shape index (κ2) is 5.63. The predicted octanol–water partition coefficient (Wildman–Crippen LogP) is 1.08. The molecule has 0 amide bonds. The molecule has 2 rings (SSSR count). The molecular formula is C8H14O4PY-. The van der Waals surface area contributed by atoms with Gasteiger partial charge in [0.05, 0.1) is 12.7 Å². The third-order valence-electron chi connectivity index (χ3n) is 2.41. The van der Waals surface area contributed by atoms with E-state index in [0.717, 1.165) is 0 Å². The van der Waals surface area contributed by atoms with Crippen molar-refractivity contribution in [2.24, 2.45) is 5.92 Å². The zero-order valence-corrected chi connectivity index (χ0v) is 12.3. The average molecular weight is 294 g/mol. The Morgan fingerprint density at radius 1 is 1.36 bits per heavy atom. The second-order valence-corrected chi connectivity index (χ2v) is 3.74. The van der Waals surface area contributed by atoms with Gasteiger partial charge in [0.25, 0.3) is 0 Å². The fraction of sp³-hybridized carbons (Fsp3) is 0.875. The van der Waals surface area contributed by atoms with Gasteiger partial charge in [0.1, 0.15) is 6.10 Å². The van der Waals surface area contributed by atoms with E-state index >= 15 is 0 Å². The minimum atomic E-state index is -0.330. The molecule has 0 spiro atoms. The quantitative estimate of drug-likeness (QED) is 0.535. The van der Waals surface area contributed by atoms with Crippen LogP contribution in [0.25, 0.3) is 0 Å². The van der Waals surface area contributed by atoms with Crippen molar-refractivity contribution in [2.75, 3.05) is 6.61 Å². The molecule has 5 unspecified atom stereocenters. The van der Waals surface area contributed by atoms with Crippen LogP contribution in [0.1, 0.15) is 13.8 Å². The van der Waals surface area contributed by atoms with Gasteiger partial charge in [-0.1, -0.05) is 13.2 Å². The number of hydrogen-bond donors (Lipinski definition) is 0. The van der Waals surface area contributed by atoms with E-state index in [1.807, 2.05) is 6.92 Å². The normalized spacial score (nSPS) is 43.1. The molecule has 0 bridgehead atoms. The van der Waals surface area contributed by atoms with Gasteiger partial charge in [-0.3, -0.25) is 0 Å². The van der Waals surface area contributed by atoms with Crippen LogP contribution in [0.15, 0.2) is 0 Å². The molecule has 0 N–H and O–H groups in total. The van der Waals surface area contributed by atoms with Gasteiger partial charge in [-0.15, -0.1) is 6.92 Å². The Balaban J connectivity index is 0.000000980. The summed E-state index contributed by atoms with van der Waals surface area (Å²) in [6.07, 6.45) is 0.226. The van der Waals surface area contributed by atoms with Gasteiger partial charge in [0, 0.05) is 48.1 Å². The molecule has 2 heterocycles. The SMILES string of the molecule is C[C-]1OC2C(C)COC(OP)C2O1.[Y]. The van der Waals surface area contributed by atoms with Gasteiger partial charge < -0.3 is 18.7 Å². The molecule has 0 aromatic rings. The summed E-state index contributed by atoms with van der Waals surface area (Å²) < 4.78 is 21.5. The van der Waals surface area contributed by atoms with Gasteiger partial charge in [-0.25, -0.2) is 0 Å². The van der Waals surface area contributed by atoms with E-state index in [4.69, 9.17) is 18.7 Å². The minimum absolute atomic E-state index is 0. The van der Waals surface area contributed by atoms with Crippen molar-refractivity contribution in [3.05, 3.63) is 6.29 Å². The van der Waals surface area contributed by atoms with Crippen LogP contribution in [0.2, 0.25) is 0 Å². The van der Waals surface area contributed by atoms with Crippen molar-refractivity contribution in [3.63, 3.8) is 0 Å². The topological polar surface area (TPSA) is 36.9 Å². The van der Waals surface area contributed by atoms with Gasteiger partial charge in [-0.2, -0.15) is 0 Å². The van der Waals surface area contributed by atoms with Crippen molar-refractivity contribution in [2.45, 2.75) is 32.3 Å². The van der Waals surface area contributed by atoms with Crippen LogP contribution >= 0.6 is 9.47 Å². The Hall–Kier alpha value is 1.37. The average Bonchev–Trinajstić information content (AvgIpc) is 2.48. The molecule has 0 aromatic carbocycles. The van der Waals surface area contributed by atoms with E-state index in [1.54, 1.807) is 0 Å². The molecule has 0 aromatic heterocycles. The molecule has 0 aliphatic carbocycles. The minimum Gasteiger partial charge on any atom is -0.517 e. The maximum absolute atomic E-state index is 5.53. The molecule has 2 aliphatic heterocycles. The van der Waals surface area contributed by atoms with Crippen molar-refractivity contribution in [3.8, 4) is 0 Å². The molecule has 14 heavy (non-hydrogen) atoms. The molecule has 2 aliphatic rings. The standard InChI is InChI=1S/C8H14O4P.Y/c1-4-3-9-8(12-13)7-6(4)10-5(2)11-7;/h4,6-8H,3,13H2,1-2H3;/q-1;. The Labute approximate surface area is 112 Å². The van der Waals surface area contributed by atoms with E-state index in [-0.39, 0.29) is 51.2 Å². The Morgan fingerprint density at radius 2 is 2.00 bits per heavy atom. The van der Waals surface area contributed by atoms with Crippen LogP contribution in [-0.4, -0.2) is 25.1 Å². The summed E-state index contributed by atoms with van der Waals surface area (Å²) in [6.45, 7) is 4.54. The third-order valence-corrected chi connectivity index (χ3v) is 2.68. The summed E-state index contributed by atoms with van der Waals surface area (Å²) in [4.78, 5) is 0. The van der Waals surface area contributed by atoms with Crippen molar-refractivity contribution >= 4 is 9.47 Å². The molecule has 79 valence electrons. The second-order valence-electron chi connectivity index (χ2n) is 3.47. The van der Waals surface area contributed by atoms with Crippen molar-refractivity contribution < 1.29 is 51.4 Å². The summed E-state index contributed by atoms with van der Waals surface area (Å²) >= 11 is 0. The number of ether oxygens (including phenoxy) is 3. The fourth-order valence-corrected chi connectivity index (χ4v) is 1.98. The third kappa shape index (κ3) is 2.54. The van der Waals surface area contributed by atoms with Gasteiger partial charge in [0.15, 0.2) is 6.29 Å². The molecule has 1 radical (unpaired) electrons. The summed E-state index contributed by atoms with van der Waals surface area (Å²) in [7, 11) is 2.20. The van der Waals surface area contributed by atoms with E-state index in [9.17, 15) is 0 Å². The van der Waals surface area contributed by atoms with Crippen LogP contribution < -0.4 is 0 Å². The number of hydrogen-bond acceptors (Lipinski definition) is 4. The maximum Gasteiger partial charge on any atom is 0.186 e. The fourth-order valence-electron chi connectivity index (χ4n) is 1.75. The molecule has 0 saturated carbocycles. The van der Waals surface area contributed by atoms with Gasteiger partial charge in [0.2, 0.25) is 0 Å². The smallest absolute Gasteiger partial charge is 0.186 e. The van der Waals surface area contributed by atoms with E-state index in [1.165, 1.54) is 0 Å². The summed E-state index contributed by atoms with van der Waals surface area (Å²) in [5.41, 5.74) is 0. The zero-order valence-electron chi connectivity index (χ0n) is 8.30. The molecule has 2 saturated heterocycles. The molecule has 6 heteroatoms. The number of rotatable bonds is 1. The Kier molecular flexibility index (Phi) is 5.40. The molecule has 2 fully saturated rings. The van der Waals surface area contributed by atoms with Crippen molar-refractivity contribution in [1.29, 1.82) is 0 Å². The van der Waals surface area contributed by atoms with Gasteiger partial charge >= 0.3 is 0 Å². The van der Waals surface area contributed by atoms with E-state index in [0.29, 0.717) is 18.8 Å². The van der Waals surface area contributed by atoms with Gasteiger partial charge in [-0.05, 0) is 0 Å². The largest absolute Gasteiger partial charge is 0.517 e. The number of fused-ring (bicyclic) bond motifs is 1. The van der Waals surface area contributed by atoms with Crippen LogP contribution in [0.5, 0.6) is 0 Å². The summed E-state index contributed by atoms with van der Waals surface area (Å²) in [6, 6.07) is 0.